The molecule has 0 aliphatic carbocycles. The molecule has 0 unspecified atom stereocenters. The van der Waals surface area contributed by atoms with E-state index in [2.05, 4.69) is 26.6 Å². The van der Waals surface area contributed by atoms with Crippen molar-refractivity contribution < 1.29 is 5.11 Å². The third-order valence-corrected chi connectivity index (χ3v) is 3.82. The Morgan fingerprint density at radius 2 is 2.23 bits per heavy atom. The number of hydrogen-bond donors (Lipinski definition) is 3. The Morgan fingerprint density at radius 3 is 2.86 bits per heavy atom. The van der Waals surface area contributed by atoms with Crippen molar-refractivity contribution in [3.05, 3.63) is 5.69 Å². The maximum Gasteiger partial charge on any atom is 0.224 e. The van der Waals surface area contributed by atoms with Gasteiger partial charge in [-0.3, -0.25) is 0 Å². The number of nitrogens with two attached hydrogens (primary N) is 1. The number of β-amino-alcohol motifs (C(OH)–C–C–N with tert-alkyl or cyclic N) is 1. The Kier molecular flexibility index (Phi) is 3.26. The Morgan fingerprint density at radius 1 is 1.45 bits per heavy atom. The number of rotatable bonds is 2. The van der Waals surface area contributed by atoms with E-state index in [1.165, 1.54) is 4.79 Å². The van der Waals surface area contributed by atoms with Crippen LogP contribution in [0.5, 0.6) is 0 Å². The largest absolute Gasteiger partial charge is 0.388 e. The molecule has 22 heavy (non-hydrogen) atoms. The van der Waals surface area contributed by atoms with E-state index in [1.54, 1.807) is 14.0 Å². The second kappa shape index (κ2) is 4.99. The van der Waals surface area contributed by atoms with Gasteiger partial charge in [-0.2, -0.15) is 20.0 Å². The molecule has 1 saturated heterocycles. The maximum atomic E-state index is 10.3. The molecule has 9 nitrogen and oxygen atoms in total. The molecule has 2 aromatic heterocycles. The summed E-state index contributed by atoms with van der Waals surface area (Å²) in [7, 11) is 1.68. The molecule has 1 atom stereocenters. The first-order valence-corrected chi connectivity index (χ1v) is 7.06. The van der Waals surface area contributed by atoms with Crippen molar-refractivity contribution in [1.82, 2.24) is 19.9 Å². The fraction of sp³-hybridized carbons (Fsp3) is 0.538. The van der Waals surface area contributed by atoms with E-state index in [1.807, 2.05) is 4.90 Å². The molecule has 0 aromatic carbocycles. The van der Waals surface area contributed by atoms with Crippen LogP contribution in [-0.4, -0.2) is 50.7 Å². The summed E-state index contributed by atoms with van der Waals surface area (Å²) in [6.45, 7) is 2.95. The third-order valence-electron chi connectivity index (χ3n) is 3.82. The highest BCUT2D eigenvalue weighted by Gasteiger charge is 2.31. The minimum Gasteiger partial charge on any atom is -0.388 e. The summed E-state index contributed by atoms with van der Waals surface area (Å²) in [5, 5.41) is 24.3. The molecular formula is C13H18N8O. The van der Waals surface area contributed by atoms with E-state index in [-0.39, 0.29) is 11.6 Å². The van der Waals surface area contributed by atoms with E-state index in [4.69, 9.17) is 5.73 Å². The standard InChI is InChI=1S/C13H18N8O/c1-13(22)4-3-5-20(7-13)10-9-8(6-14)19-21(16-2)11(9)18-12(15)17-10/h16,22H,3-5,7H2,1-2H3,(H2,15,17,18)/t13-/m0/s1. The Labute approximate surface area is 127 Å². The number of anilines is 2. The summed E-state index contributed by atoms with van der Waals surface area (Å²) in [6.07, 6.45) is 1.56. The van der Waals surface area contributed by atoms with Gasteiger partial charge in [-0.05, 0) is 19.8 Å². The zero-order chi connectivity index (χ0) is 15.9. The lowest BCUT2D eigenvalue weighted by atomic mass is 9.95. The van der Waals surface area contributed by atoms with E-state index in [0.717, 1.165) is 19.4 Å². The van der Waals surface area contributed by atoms with Crippen molar-refractivity contribution >= 4 is 22.8 Å². The van der Waals surface area contributed by atoms with Crippen LogP contribution in [0.3, 0.4) is 0 Å². The molecule has 0 bridgehead atoms. The Bertz CT molecular complexity index is 759. The van der Waals surface area contributed by atoms with Crippen LogP contribution in [0.25, 0.3) is 11.0 Å². The summed E-state index contributed by atoms with van der Waals surface area (Å²) < 4.78 is 0. The molecule has 9 heteroatoms. The van der Waals surface area contributed by atoms with Crippen LogP contribution in [0.2, 0.25) is 0 Å². The summed E-state index contributed by atoms with van der Waals surface area (Å²) in [6, 6.07) is 2.06. The van der Waals surface area contributed by atoms with Gasteiger partial charge in [0.2, 0.25) is 5.95 Å². The monoisotopic (exact) mass is 302 g/mol. The molecule has 0 saturated carbocycles. The lowest BCUT2D eigenvalue weighted by molar-refractivity contribution is 0.0448. The highest BCUT2D eigenvalue weighted by molar-refractivity contribution is 5.93. The predicted molar refractivity (Wildman–Crippen MR) is 81.8 cm³/mol. The van der Waals surface area contributed by atoms with Crippen LogP contribution in [-0.2, 0) is 0 Å². The van der Waals surface area contributed by atoms with Crippen molar-refractivity contribution in [2.45, 2.75) is 25.4 Å². The number of fused-ring (bicyclic) bond motifs is 1. The van der Waals surface area contributed by atoms with Gasteiger partial charge in [0.1, 0.15) is 17.3 Å². The molecule has 1 aliphatic rings. The number of nitrogens with one attached hydrogen (secondary N) is 1. The molecular weight excluding hydrogens is 284 g/mol. The van der Waals surface area contributed by atoms with E-state index in [0.29, 0.717) is 23.4 Å². The van der Waals surface area contributed by atoms with Gasteiger partial charge in [0.05, 0.1) is 5.60 Å². The highest BCUT2D eigenvalue weighted by atomic mass is 16.3. The summed E-state index contributed by atoms with van der Waals surface area (Å²) in [5.41, 5.74) is 8.53. The van der Waals surface area contributed by atoms with Crippen molar-refractivity contribution in [3.8, 4) is 6.07 Å². The lowest BCUT2D eigenvalue weighted by Crippen LogP contribution is -2.46. The van der Waals surface area contributed by atoms with Crippen molar-refractivity contribution in [3.63, 3.8) is 0 Å². The molecule has 0 spiro atoms. The zero-order valence-corrected chi connectivity index (χ0v) is 12.5. The fourth-order valence-electron chi connectivity index (χ4n) is 2.88. The smallest absolute Gasteiger partial charge is 0.224 e. The molecule has 1 fully saturated rings. The molecule has 2 aromatic rings. The number of hydrogen-bond acceptors (Lipinski definition) is 8. The van der Waals surface area contributed by atoms with Crippen molar-refractivity contribution in [2.75, 3.05) is 36.2 Å². The molecule has 3 heterocycles. The summed E-state index contributed by atoms with van der Waals surface area (Å²) in [5.74, 6) is 0.647. The van der Waals surface area contributed by atoms with Gasteiger partial charge in [-0.15, -0.1) is 5.10 Å². The average molecular weight is 302 g/mol. The quantitative estimate of drug-likeness (QED) is 0.696. The number of nitriles is 1. The topological polar surface area (TPSA) is 129 Å². The number of nitrogen functional groups attached to an aromatic ring is 1. The summed E-state index contributed by atoms with van der Waals surface area (Å²) in [4.78, 5) is 11.8. The van der Waals surface area contributed by atoms with Gasteiger partial charge in [0.25, 0.3) is 0 Å². The second-order valence-electron chi connectivity index (χ2n) is 5.72. The molecule has 0 amide bonds. The molecule has 0 radical (unpaired) electrons. The first-order valence-electron chi connectivity index (χ1n) is 7.06. The van der Waals surface area contributed by atoms with E-state index in [9.17, 15) is 10.4 Å². The normalized spacial score (nSPS) is 21.8. The number of aliphatic hydroxyl groups is 1. The predicted octanol–water partition coefficient (Wildman–Crippen LogP) is -0.195. The molecule has 116 valence electrons. The second-order valence-corrected chi connectivity index (χ2v) is 5.72. The van der Waals surface area contributed by atoms with Gasteiger partial charge in [0.15, 0.2) is 11.3 Å². The third kappa shape index (κ3) is 2.27. The minimum absolute atomic E-state index is 0.105. The molecule has 1 aliphatic heterocycles. The van der Waals surface area contributed by atoms with Gasteiger partial charge in [-0.25, -0.2) is 0 Å². The minimum atomic E-state index is -0.796. The van der Waals surface area contributed by atoms with Crippen LogP contribution in [0.1, 0.15) is 25.5 Å². The van der Waals surface area contributed by atoms with E-state index >= 15 is 0 Å². The van der Waals surface area contributed by atoms with Crippen LogP contribution in [0.15, 0.2) is 0 Å². The molecule has 4 N–H and O–H groups in total. The number of nitrogens with zero attached hydrogens (tertiary/aromatic N) is 6. The number of aromatic nitrogens is 4. The van der Waals surface area contributed by atoms with Crippen molar-refractivity contribution in [2.24, 2.45) is 0 Å². The van der Waals surface area contributed by atoms with Crippen LogP contribution >= 0.6 is 0 Å². The molecule has 3 rings (SSSR count). The van der Waals surface area contributed by atoms with Crippen LogP contribution in [0, 0.1) is 11.3 Å². The van der Waals surface area contributed by atoms with E-state index < -0.39 is 5.60 Å². The first kappa shape index (κ1) is 14.3. The lowest BCUT2D eigenvalue weighted by Gasteiger charge is -2.37. The Hall–Kier alpha value is -2.60. The van der Waals surface area contributed by atoms with Gasteiger partial charge in [-0.1, -0.05) is 0 Å². The van der Waals surface area contributed by atoms with Crippen LogP contribution in [0.4, 0.5) is 11.8 Å². The average Bonchev–Trinajstić information content (AvgIpc) is 2.83. The van der Waals surface area contributed by atoms with Gasteiger partial charge >= 0.3 is 0 Å². The van der Waals surface area contributed by atoms with Gasteiger partial charge in [0, 0.05) is 20.1 Å². The maximum absolute atomic E-state index is 10.3. The first-order chi connectivity index (χ1) is 10.4. The van der Waals surface area contributed by atoms with Crippen molar-refractivity contribution in [1.29, 1.82) is 5.26 Å². The number of piperidine rings is 1. The fourth-order valence-corrected chi connectivity index (χ4v) is 2.88. The highest BCUT2D eigenvalue weighted by Crippen LogP contribution is 2.31. The zero-order valence-electron chi connectivity index (χ0n) is 12.5. The Balaban J connectivity index is 2.20. The SMILES string of the molecule is CNn1nc(C#N)c2c(N3CCC[C@](C)(O)C3)nc(N)nc21. The summed E-state index contributed by atoms with van der Waals surface area (Å²) >= 11 is 0. The van der Waals surface area contributed by atoms with Crippen LogP contribution < -0.4 is 16.1 Å². The van der Waals surface area contributed by atoms with Gasteiger partial charge < -0.3 is 21.2 Å².